The van der Waals surface area contributed by atoms with Gasteiger partial charge < -0.3 is 9.29 Å². The quantitative estimate of drug-likeness (QED) is 0.466. The first-order valence-corrected chi connectivity index (χ1v) is 11.8. The van der Waals surface area contributed by atoms with Crippen LogP contribution in [-0.2, 0) is 32.8 Å². The molecule has 1 heterocycles. The molecule has 166 valence electrons. The molecule has 2 aromatic carbocycles. The molecule has 0 saturated heterocycles. The van der Waals surface area contributed by atoms with Gasteiger partial charge in [0, 0.05) is 5.57 Å². The standard InChI is InChI=1S/C26H25FO4S/c1-26(2)24(23(25(28)31-26)18-10-12-22(27)13-11-18)19-8-9-20(16-32(29)30)21(15-19)14-17-6-4-3-5-7-17/h3-6,8-13,15,17H,7,14,16H2,1-2H3,(H,29,30). The normalized spacial score (nSPS) is 20.5. The van der Waals surface area contributed by atoms with E-state index in [-0.39, 0.29) is 11.6 Å². The molecule has 2 unspecified atom stereocenters. The largest absolute Gasteiger partial charge is 0.451 e. The van der Waals surface area contributed by atoms with Crippen LogP contribution in [0.2, 0.25) is 0 Å². The Morgan fingerprint density at radius 1 is 1.09 bits per heavy atom. The van der Waals surface area contributed by atoms with Gasteiger partial charge in [-0.1, -0.05) is 54.6 Å². The molecule has 2 atom stereocenters. The number of hydrogen-bond acceptors (Lipinski definition) is 3. The van der Waals surface area contributed by atoms with Crippen molar-refractivity contribution in [3.8, 4) is 0 Å². The topological polar surface area (TPSA) is 63.6 Å². The summed E-state index contributed by atoms with van der Waals surface area (Å²) in [5, 5.41) is 0. The number of halogens is 1. The number of benzene rings is 2. The zero-order valence-corrected chi connectivity index (χ0v) is 18.8. The molecular weight excluding hydrogens is 427 g/mol. The molecule has 0 fully saturated rings. The van der Waals surface area contributed by atoms with E-state index in [2.05, 4.69) is 12.2 Å². The average molecular weight is 453 g/mol. The van der Waals surface area contributed by atoms with Crippen molar-refractivity contribution < 1.29 is 22.7 Å². The predicted octanol–water partition coefficient (Wildman–Crippen LogP) is 5.47. The van der Waals surface area contributed by atoms with Crippen molar-refractivity contribution in [2.75, 3.05) is 0 Å². The molecule has 1 N–H and O–H groups in total. The van der Waals surface area contributed by atoms with Crippen LogP contribution in [0.1, 0.15) is 42.5 Å². The first-order chi connectivity index (χ1) is 15.2. The second-order valence-corrected chi connectivity index (χ2v) is 9.55. The van der Waals surface area contributed by atoms with Gasteiger partial charge in [-0.15, -0.1) is 0 Å². The fraction of sp³-hybridized carbons (Fsp3) is 0.269. The molecule has 6 heteroatoms. The Morgan fingerprint density at radius 3 is 2.47 bits per heavy atom. The molecule has 1 aliphatic carbocycles. The van der Waals surface area contributed by atoms with Gasteiger partial charge in [0.15, 0.2) is 11.1 Å². The van der Waals surface area contributed by atoms with Crippen LogP contribution < -0.4 is 0 Å². The highest BCUT2D eigenvalue weighted by Gasteiger charge is 2.41. The maximum absolute atomic E-state index is 13.5. The van der Waals surface area contributed by atoms with Crippen molar-refractivity contribution in [2.45, 2.75) is 38.0 Å². The number of carbonyl (C=O) groups excluding carboxylic acids is 1. The molecule has 1 aliphatic heterocycles. The Morgan fingerprint density at radius 2 is 1.81 bits per heavy atom. The fourth-order valence-electron chi connectivity index (χ4n) is 4.42. The lowest BCUT2D eigenvalue weighted by Crippen LogP contribution is -2.22. The summed E-state index contributed by atoms with van der Waals surface area (Å²) >= 11 is -1.96. The lowest BCUT2D eigenvalue weighted by molar-refractivity contribution is -0.141. The Hall–Kier alpha value is -2.83. The van der Waals surface area contributed by atoms with Crippen LogP contribution in [-0.4, -0.2) is 20.3 Å². The van der Waals surface area contributed by atoms with Crippen molar-refractivity contribution in [2.24, 2.45) is 5.92 Å². The molecule has 4 nitrogen and oxygen atoms in total. The predicted molar refractivity (Wildman–Crippen MR) is 124 cm³/mol. The van der Waals surface area contributed by atoms with Gasteiger partial charge in [0.1, 0.15) is 11.4 Å². The van der Waals surface area contributed by atoms with E-state index in [4.69, 9.17) is 4.74 Å². The van der Waals surface area contributed by atoms with Gasteiger partial charge in [0.25, 0.3) is 0 Å². The van der Waals surface area contributed by atoms with Crippen LogP contribution in [0.15, 0.2) is 66.8 Å². The van der Waals surface area contributed by atoms with Crippen LogP contribution in [0.3, 0.4) is 0 Å². The SMILES string of the molecule is CC1(C)OC(=O)C(c2ccc(F)cc2)=C1c1ccc(CS(=O)O)c(CC2C=CC=CC2)c1. The average Bonchev–Trinajstić information content (AvgIpc) is 2.98. The molecule has 0 bridgehead atoms. The summed E-state index contributed by atoms with van der Waals surface area (Å²) in [6.07, 6.45) is 9.90. The number of rotatable bonds is 6. The van der Waals surface area contributed by atoms with E-state index in [9.17, 15) is 17.9 Å². The molecule has 0 amide bonds. The van der Waals surface area contributed by atoms with E-state index < -0.39 is 22.7 Å². The van der Waals surface area contributed by atoms with Crippen LogP contribution >= 0.6 is 0 Å². The van der Waals surface area contributed by atoms with Gasteiger partial charge in [0.2, 0.25) is 0 Å². The maximum atomic E-state index is 13.5. The minimum atomic E-state index is -1.96. The molecule has 0 spiro atoms. The van der Waals surface area contributed by atoms with Crippen LogP contribution in [0.25, 0.3) is 11.1 Å². The van der Waals surface area contributed by atoms with Crippen molar-refractivity contribution in [3.63, 3.8) is 0 Å². The van der Waals surface area contributed by atoms with Gasteiger partial charge in [-0.05, 0) is 67.0 Å². The van der Waals surface area contributed by atoms with E-state index in [0.717, 1.165) is 35.1 Å². The first-order valence-electron chi connectivity index (χ1n) is 10.5. The van der Waals surface area contributed by atoms with Crippen LogP contribution in [0, 0.1) is 11.7 Å². The molecule has 32 heavy (non-hydrogen) atoms. The van der Waals surface area contributed by atoms with Gasteiger partial charge in [0.05, 0.1) is 11.3 Å². The number of cyclic esters (lactones) is 1. The highest BCUT2D eigenvalue weighted by atomic mass is 32.2. The van der Waals surface area contributed by atoms with E-state index in [1.165, 1.54) is 12.1 Å². The maximum Gasteiger partial charge on any atom is 0.340 e. The third-order valence-corrected chi connectivity index (χ3v) is 6.42. The highest BCUT2D eigenvalue weighted by molar-refractivity contribution is 7.78. The zero-order valence-electron chi connectivity index (χ0n) is 18.0. The molecule has 2 aliphatic rings. The van der Waals surface area contributed by atoms with Gasteiger partial charge in [-0.3, -0.25) is 0 Å². The second-order valence-electron chi connectivity index (χ2n) is 8.62. The zero-order chi connectivity index (χ0) is 22.9. The number of carbonyl (C=O) groups is 1. The van der Waals surface area contributed by atoms with E-state index in [0.29, 0.717) is 17.1 Å². The molecular formula is C26H25FO4S. The number of esters is 1. The monoisotopic (exact) mass is 452 g/mol. The Labute approximate surface area is 189 Å². The van der Waals surface area contributed by atoms with Crippen molar-refractivity contribution in [3.05, 3.63) is 94.8 Å². The van der Waals surface area contributed by atoms with Gasteiger partial charge >= 0.3 is 5.97 Å². The minimum Gasteiger partial charge on any atom is -0.451 e. The van der Waals surface area contributed by atoms with Gasteiger partial charge in [-0.25, -0.2) is 13.4 Å². The molecule has 0 radical (unpaired) electrons. The summed E-state index contributed by atoms with van der Waals surface area (Å²) in [7, 11) is 0. The summed E-state index contributed by atoms with van der Waals surface area (Å²) in [6.45, 7) is 3.67. The summed E-state index contributed by atoms with van der Waals surface area (Å²) in [5.41, 5.74) is 3.47. The Kier molecular flexibility index (Phi) is 6.26. The third kappa shape index (κ3) is 4.66. The number of ether oxygens (including phenoxy) is 1. The smallest absolute Gasteiger partial charge is 0.340 e. The summed E-state index contributed by atoms with van der Waals surface area (Å²) in [5.74, 6) is -0.482. The minimum absolute atomic E-state index is 0.0462. The summed E-state index contributed by atoms with van der Waals surface area (Å²) in [6, 6.07) is 11.5. The van der Waals surface area contributed by atoms with E-state index in [1.54, 1.807) is 12.1 Å². The molecule has 0 aromatic heterocycles. The summed E-state index contributed by atoms with van der Waals surface area (Å²) < 4.78 is 40.2. The van der Waals surface area contributed by atoms with E-state index in [1.807, 2.05) is 44.2 Å². The fourth-order valence-corrected chi connectivity index (χ4v) is 4.97. The van der Waals surface area contributed by atoms with Crippen LogP contribution in [0.4, 0.5) is 4.39 Å². The number of allylic oxidation sites excluding steroid dienone is 4. The third-order valence-electron chi connectivity index (χ3n) is 5.86. The lowest BCUT2D eigenvalue weighted by atomic mass is 9.84. The first kappa shape index (κ1) is 22.4. The lowest BCUT2D eigenvalue weighted by Gasteiger charge is -2.23. The Bertz CT molecular complexity index is 1160. The summed E-state index contributed by atoms with van der Waals surface area (Å²) in [4.78, 5) is 12.8. The van der Waals surface area contributed by atoms with Crippen LogP contribution in [0.5, 0.6) is 0 Å². The van der Waals surface area contributed by atoms with Crippen molar-refractivity contribution in [1.29, 1.82) is 0 Å². The Balaban J connectivity index is 1.83. The van der Waals surface area contributed by atoms with Crippen molar-refractivity contribution >= 4 is 28.2 Å². The molecule has 0 saturated carbocycles. The highest BCUT2D eigenvalue weighted by Crippen LogP contribution is 2.44. The number of hydrogen-bond donors (Lipinski definition) is 1. The molecule has 4 rings (SSSR count). The second kappa shape index (κ2) is 8.96. The van der Waals surface area contributed by atoms with Gasteiger partial charge in [-0.2, -0.15) is 0 Å². The molecule has 2 aromatic rings. The van der Waals surface area contributed by atoms with E-state index >= 15 is 0 Å². The van der Waals surface area contributed by atoms with Crippen molar-refractivity contribution in [1.82, 2.24) is 0 Å².